The molecule has 1 N–H and O–H groups in total. The summed E-state index contributed by atoms with van der Waals surface area (Å²) in [5.74, 6) is 0. The van der Waals surface area contributed by atoms with Gasteiger partial charge in [-0.15, -0.1) is 11.3 Å². The minimum Gasteiger partial charge on any atom is -0.376 e. The normalized spacial score (nSPS) is 12.6. The van der Waals surface area contributed by atoms with Gasteiger partial charge >= 0.3 is 0 Å². The number of benzene rings is 2. The fourth-order valence-corrected chi connectivity index (χ4v) is 3.51. The largest absolute Gasteiger partial charge is 0.376 e. The Labute approximate surface area is 128 Å². The highest BCUT2D eigenvalue weighted by Crippen LogP contribution is 2.33. The Hall–Kier alpha value is -1.51. The van der Waals surface area contributed by atoms with Crippen molar-refractivity contribution in [2.45, 2.75) is 19.9 Å². The van der Waals surface area contributed by atoms with E-state index in [9.17, 15) is 0 Å². The Kier molecular flexibility index (Phi) is 3.68. The fourth-order valence-electron chi connectivity index (χ4n) is 2.27. The molecule has 3 aromatic rings. The fraction of sp³-hybridized carbons (Fsp3) is 0.176. The second kappa shape index (κ2) is 5.47. The number of hydrogen-bond donors (Lipinski definition) is 1. The maximum atomic E-state index is 6.25. The number of thiophene rings is 1. The molecule has 0 aliphatic rings. The molecular formula is C17H16ClNS. The van der Waals surface area contributed by atoms with Crippen molar-refractivity contribution in [1.29, 1.82) is 0 Å². The Bertz CT molecular complexity index is 715. The number of halogens is 1. The maximum absolute atomic E-state index is 6.25. The van der Waals surface area contributed by atoms with Crippen LogP contribution in [-0.2, 0) is 0 Å². The molecule has 0 saturated heterocycles. The third-order valence-electron chi connectivity index (χ3n) is 3.37. The number of nitrogens with one attached hydrogen (secondary N) is 1. The maximum Gasteiger partial charge on any atom is 0.0637 e. The summed E-state index contributed by atoms with van der Waals surface area (Å²) < 4.78 is 1.33. The van der Waals surface area contributed by atoms with Gasteiger partial charge in [0.2, 0.25) is 0 Å². The summed E-state index contributed by atoms with van der Waals surface area (Å²) in [6.45, 7) is 4.25. The van der Waals surface area contributed by atoms with Gasteiger partial charge in [-0.3, -0.25) is 0 Å². The summed E-state index contributed by atoms with van der Waals surface area (Å²) in [4.78, 5) is 1.32. The van der Waals surface area contributed by atoms with Gasteiger partial charge in [0.1, 0.15) is 0 Å². The molecular weight excluding hydrogens is 286 g/mol. The molecule has 1 nitrogen and oxygen atoms in total. The Morgan fingerprint density at radius 3 is 2.70 bits per heavy atom. The van der Waals surface area contributed by atoms with Crippen LogP contribution in [-0.4, -0.2) is 0 Å². The van der Waals surface area contributed by atoms with Crippen molar-refractivity contribution in [1.82, 2.24) is 0 Å². The van der Waals surface area contributed by atoms with E-state index in [1.54, 1.807) is 0 Å². The lowest BCUT2D eigenvalue weighted by Gasteiger charge is -2.15. The van der Waals surface area contributed by atoms with Crippen LogP contribution in [0.25, 0.3) is 10.1 Å². The minimum atomic E-state index is 0.242. The highest BCUT2D eigenvalue weighted by molar-refractivity contribution is 7.19. The molecule has 0 saturated carbocycles. The van der Waals surface area contributed by atoms with Crippen LogP contribution in [0.3, 0.4) is 0 Å². The third-order valence-corrected chi connectivity index (χ3v) is 4.99. The molecule has 1 aromatic heterocycles. The van der Waals surface area contributed by atoms with E-state index in [2.05, 4.69) is 55.6 Å². The molecule has 0 radical (unpaired) electrons. The number of hydrogen-bond acceptors (Lipinski definition) is 2. The molecule has 0 aliphatic heterocycles. The zero-order valence-corrected chi connectivity index (χ0v) is 13.1. The Morgan fingerprint density at radius 1 is 1.10 bits per heavy atom. The van der Waals surface area contributed by atoms with Gasteiger partial charge in [0.25, 0.3) is 0 Å². The van der Waals surface area contributed by atoms with Crippen LogP contribution in [0, 0.1) is 6.92 Å². The summed E-state index contributed by atoms with van der Waals surface area (Å²) in [7, 11) is 0. The molecule has 0 fully saturated rings. The quantitative estimate of drug-likeness (QED) is 0.622. The summed E-state index contributed by atoms with van der Waals surface area (Å²) in [5.41, 5.74) is 2.21. The Morgan fingerprint density at radius 2 is 1.90 bits per heavy atom. The smallest absolute Gasteiger partial charge is 0.0637 e. The van der Waals surface area contributed by atoms with E-state index in [0.717, 1.165) is 10.7 Å². The van der Waals surface area contributed by atoms with Crippen LogP contribution in [0.4, 0.5) is 5.69 Å². The van der Waals surface area contributed by atoms with Crippen LogP contribution in [0.1, 0.15) is 23.4 Å². The van der Waals surface area contributed by atoms with Gasteiger partial charge in [0, 0.05) is 9.58 Å². The first-order chi connectivity index (χ1) is 9.63. The third kappa shape index (κ3) is 2.67. The molecule has 20 heavy (non-hydrogen) atoms. The van der Waals surface area contributed by atoms with E-state index in [1.165, 1.54) is 20.5 Å². The first-order valence-electron chi connectivity index (χ1n) is 6.64. The molecule has 102 valence electrons. The number of anilines is 1. The summed E-state index contributed by atoms with van der Waals surface area (Å²) in [6.07, 6.45) is 0. The van der Waals surface area contributed by atoms with Crippen LogP contribution in [0.15, 0.2) is 48.5 Å². The molecule has 0 aliphatic carbocycles. The van der Waals surface area contributed by atoms with Gasteiger partial charge in [-0.1, -0.05) is 35.9 Å². The second-order valence-electron chi connectivity index (χ2n) is 5.04. The molecule has 0 spiro atoms. The van der Waals surface area contributed by atoms with Crippen molar-refractivity contribution in [2.75, 3.05) is 5.32 Å². The van der Waals surface area contributed by atoms with Crippen molar-refractivity contribution < 1.29 is 0 Å². The molecule has 0 bridgehead atoms. The van der Waals surface area contributed by atoms with E-state index in [-0.39, 0.29) is 6.04 Å². The van der Waals surface area contributed by atoms with E-state index < -0.39 is 0 Å². The summed E-state index contributed by atoms with van der Waals surface area (Å²) in [6, 6.07) is 17.0. The van der Waals surface area contributed by atoms with Gasteiger partial charge in [0.05, 0.1) is 16.8 Å². The SMILES string of the molecule is Cc1ccc(Cl)c(NC(C)c2cc3ccccc3s2)c1. The van der Waals surface area contributed by atoms with Crippen molar-refractivity contribution in [3.8, 4) is 0 Å². The van der Waals surface area contributed by atoms with Gasteiger partial charge in [0.15, 0.2) is 0 Å². The van der Waals surface area contributed by atoms with Gasteiger partial charge in [-0.25, -0.2) is 0 Å². The summed E-state index contributed by atoms with van der Waals surface area (Å²) >= 11 is 8.08. The lowest BCUT2D eigenvalue weighted by Crippen LogP contribution is -2.05. The van der Waals surface area contributed by atoms with Gasteiger partial charge in [-0.2, -0.15) is 0 Å². The molecule has 2 aromatic carbocycles. The van der Waals surface area contributed by atoms with E-state index >= 15 is 0 Å². The van der Waals surface area contributed by atoms with Crippen molar-refractivity contribution >= 4 is 38.7 Å². The predicted molar refractivity (Wildman–Crippen MR) is 90.1 cm³/mol. The molecule has 1 unspecified atom stereocenters. The number of rotatable bonds is 3. The first kappa shape index (κ1) is 13.5. The second-order valence-corrected chi connectivity index (χ2v) is 6.56. The monoisotopic (exact) mass is 301 g/mol. The predicted octanol–water partition coefficient (Wildman–Crippen LogP) is 6.04. The zero-order valence-electron chi connectivity index (χ0n) is 11.5. The highest BCUT2D eigenvalue weighted by Gasteiger charge is 2.11. The zero-order chi connectivity index (χ0) is 14.1. The number of aryl methyl sites for hydroxylation is 1. The van der Waals surface area contributed by atoms with E-state index in [4.69, 9.17) is 11.6 Å². The first-order valence-corrected chi connectivity index (χ1v) is 7.84. The molecule has 3 rings (SSSR count). The van der Waals surface area contributed by atoms with Crippen molar-refractivity contribution in [3.05, 3.63) is 64.0 Å². The minimum absolute atomic E-state index is 0.242. The summed E-state index contributed by atoms with van der Waals surface area (Å²) in [5, 5.41) is 5.58. The van der Waals surface area contributed by atoms with Crippen molar-refractivity contribution in [3.63, 3.8) is 0 Å². The highest BCUT2D eigenvalue weighted by atomic mass is 35.5. The molecule has 0 amide bonds. The lowest BCUT2D eigenvalue weighted by atomic mass is 10.2. The van der Waals surface area contributed by atoms with Crippen LogP contribution in [0.2, 0.25) is 5.02 Å². The molecule has 3 heteroatoms. The average Bonchev–Trinajstić information content (AvgIpc) is 2.87. The van der Waals surface area contributed by atoms with Crippen LogP contribution >= 0.6 is 22.9 Å². The van der Waals surface area contributed by atoms with E-state index in [1.807, 2.05) is 23.5 Å². The number of fused-ring (bicyclic) bond motifs is 1. The topological polar surface area (TPSA) is 12.0 Å². The standard InChI is InChI=1S/C17H16ClNS/c1-11-7-8-14(18)15(9-11)19-12(2)17-10-13-5-3-4-6-16(13)20-17/h3-10,12,19H,1-2H3. The molecule has 1 atom stereocenters. The van der Waals surface area contributed by atoms with Crippen molar-refractivity contribution in [2.24, 2.45) is 0 Å². The lowest BCUT2D eigenvalue weighted by molar-refractivity contribution is 0.908. The average molecular weight is 302 g/mol. The van der Waals surface area contributed by atoms with Gasteiger partial charge in [-0.05, 0) is 49.1 Å². The van der Waals surface area contributed by atoms with Crippen LogP contribution in [0.5, 0.6) is 0 Å². The molecule has 1 heterocycles. The Balaban J connectivity index is 1.88. The van der Waals surface area contributed by atoms with E-state index in [0.29, 0.717) is 0 Å². The van der Waals surface area contributed by atoms with Gasteiger partial charge < -0.3 is 5.32 Å². The van der Waals surface area contributed by atoms with Crippen LogP contribution < -0.4 is 5.32 Å².